The van der Waals surface area contributed by atoms with E-state index in [4.69, 9.17) is 0 Å². The molecule has 0 unspecified atom stereocenters. The fourth-order valence-corrected chi connectivity index (χ4v) is 2.24. The number of hydrogen-bond acceptors (Lipinski definition) is 2. The predicted octanol–water partition coefficient (Wildman–Crippen LogP) is 3.55. The summed E-state index contributed by atoms with van der Waals surface area (Å²) in [6.07, 6.45) is -6.21. The highest BCUT2D eigenvalue weighted by Crippen LogP contribution is 2.29. The molecule has 4 nitrogen and oxygen atoms in total. The van der Waals surface area contributed by atoms with Gasteiger partial charge in [0.15, 0.2) is 0 Å². The molecule has 0 aliphatic heterocycles. The van der Waals surface area contributed by atoms with Crippen molar-refractivity contribution >= 4 is 28.3 Å². The van der Waals surface area contributed by atoms with E-state index in [2.05, 4.69) is 10.3 Å². The summed E-state index contributed by atoms with van der Waals surface area (Å²) in [6.45, 7) is 5.61. The average molecular weight is 312 g/mol. The van der Waals surface area contributed by atoms with E-state index in [0.717, 1.165) is 22.2 Å². The maximum atomic E-state index is 12.1. The normalized spacial score (nSPS) is 11.7. The Bertz CT molecular complexity index is 760. The van der Waals surface area contributed by atoms with Crippen molar-refractivity contribution in [3.05, 3.63) is 29.0 Å². The van der Waals surface area contributed by atoms with E-state index in [1.165, 1.54) is 0 Å². The average Bonchev–Trinajstić information content (AvgIpc) is 2.69. The van der Waals surface area contributed by atoms with Crippen LogP contribution < -0.4 is 5.32 Å². The number of aromatic amines is 1. The molecule has 0 saturated heterocycles. The van der Waals surface area contributed by atoms with Gasteiger partial charge in [-0.1, -0.05) is 6.07 Å². The standard InChI is InChI=1S/C15H15F3N2O2/c1-7-9(3)19-14-8(2)11(5-4-10(7)14)20-13(22)6-12(21)15(16,17)18/h4-5,19H,6H2,1-3H3,(H,20,22). The van der Waals surface area contributed by atoms with Crippen molar-refractivity contribution in [3.8, 4) is 0 Å². The Hall–Kier alpha value is -2.31. The van der Waals surface area contributed by atoms with Gasteiger partial charge in [0.05, 0.1) is 11.9 Å². The van der Waals surface area contributed by atoms with E-state index in [0.29, 0.717) is 11.3 Å². The number of Topliss-reactive ketones (excluding diaryl/α,β-unsaturated/α-hetero) is 1. The van der Waals surface area contributed by atoms with Gasteiger partial charge in [0, 0.05) is 16.8 Å². The van der Waals surface area contributed by atoms with Gasteiger partial charge < -0.3 is 10.3 Å². The Balaban J connectivity index is 2.24. The first-order valence-corrected chi connectivity index (χ1v) is 6.59. The van der Waals surface area contributed by atoms with Crippen LogP contribution >= 0.6 is 0 Å². The molecular formula is C15H15F3N2O2. The summed E-state index contributed by atoms with van der Waals surface area (Å²) < 4.78 is 36.4. The molecule has 22 heavy (non-hydrogen) atoms. The van der Waals surface area contributed by atoms with Crippen molar-refractivity contribution in [2.75, 3.05) is 5.32 Å². The van der Waals surface area contributed by atoms with E-state index < -0.39 is 24.3 Å². The Morgan fingerprint density at radius 3 is 2.36 bits per heavy atom. The third-order valence-corrected chi connectivity index (χ3v) is 3.66. The number of amides is 1. The van der Waals surface area contributed by atoms with Crippen LogP contribution in [0.2, 0.25) is 0 Å². The van der Waals surface area contributed by atoms with Gasteiger partial charge in [-0.2, -0.15) is 13.2 Å². The summed E-state index contributed by atoms with van der Waals surface area (Å²) in [5.74, 6) is -3.04. The van der Waals surface area contributed by atoms with Crippen LogP contribution in [0, 0.1) is 20.8 Å². The SMILES string of the molecule is Cc1[nH]c2c(C)c(NC(=O)CC(=O)C(F)(F)F)ccc2c1C. The minimum Gasteiger partial charge on any atom is -0.358 e. The first kappa shape index (κ1) is 16.1. The first-order chi connectivity index (χ1) is 10.1. The number of aryl methyl sites for hydroxylation is 3. The summed E-state index contributed by atoms with van der Waals surface area (Å²) in [6, 6.07) is 3.40. The highest BCUT2D eigenvalue weighted by Gasteiger charge is 2.39. The van der Waals surface area contributed by atoms with Crippen LogP contribution in [0.15, 0.2) is 12.1 Å². The number of ketones is 1. The Morgan fingerprint density at radius 1 is 1.14 bits per heavy atom. The number of nitrogens with one attached hydrogen (secondary N) is 2. The maximum absolute atomic E-state index is 12.1. The van der Waals surface area contributed by atoms with Crippen molar-refractivity contribution in [2.45, 2.75) is 33.4 Å². The van der Waals surface area contributed by atoms with Gasteiger partial charge in [-0.15, -0.1) is 0 Å². The van der Waals surface area contributed by atoms with E-state index in [9.17, 15) is 22.8 Å². The lowest BCUT2D eigenvalue weighted by Crippen LogP contribution is -2.28. The number of anilines is 1. The van der Waals surface area contributed by atoms with E-state index >= 15 is 0 Å². The van der Waals surface area contributed by atoms with Gasteiger partial charge in [-0.3, -0.25) is 9.59 Å². The molecule has 0 aliphatic carbocycles. The van der Waals surface area contributed by atoms with E-state index in [1.807, 2.05) is 13.8 Å². The summed E-state index contributed by atoms with van der Waals surface area (Å²) >= 11 is 0. The van der Waals surface area contributed by atoms with E-state index in [1.54, 1.807) is 19.1 Å². The lowest BCUT2D eigenvalue weighted by molar-refractivity contribution is -0.171. The third kappa shape index (κ3) is 2.98. The Labute approximate surface area is 124 Å². The summed E-state index contributed by atoms with van der Waals surface area (Å²) in [4.78, 5) is 25.6. The number of carbonyl (C=O) groups is 2. The highest BCUT2D eigenvalue weighted by atomic mass is 19.4. The molecule has 118 valence electrons. The second-order valence-electron chi connectivity index (χ2n) is 5.18. The van der Waals surface area contributed by atoms with E-state index in [-0.39, 0.29) is 0 Å². The smallest absolute Gasteiger partial charge is 0.358 e. The van der Waals surface area contributed by atoms with Gasteiger partial charge in [0.2, 0.25) is 11.7 Å². The van der Waals surface area contributed by atoms with Crippen LogP contribution in [-0.4, -0.2) is 22.9 Å². The number of H-pyrrole nitrogens is 1. The van der Waals surface area contributed by atoms with Crippen LogP contribution in [0.4, 0.5) is 18.9 Å². The van der Waals surface area contributed by atoms with Crippen molar-refractivity contribution in [3.63, 3.8) is 0 Å². The van der Waals surface area contributed by atoms with Gasteiger partial charge in [0.25, 0.3) is 0 Å². The Kier molecular flexibility index (Phi) is 4.00. The number of aromatic nitrogens is 1. The molecule has 0 fully saturated rings. The van der Waals surface area contributed by atoms with Crippen molar-refractivity contribution in [1.82, 2.24) is 4.98 Å². The van der Waals surface area contributed by atoms with Crippen LogP contribution in [0.3, 0.4) is 0 Å². The molecule has 2 aromatic rings. The van der Waals surface area contributed by atoms with Crippen LogP contribution in [0.1, 0.15) is 23.2 Å². The third-order valence-electron chi connectivity index (χ3n) is 3.66. The molecule has 1 heterocycles. The molecule has 1 aromatic heterocycles. The fourth-order valence-electron chi connectivity index (χ4n) is 2.24. The first-order valence-electron chi connectivity index (χ1n) is 6.59. The van der Waals surface area contributed by atoms with Crippen molar-refractivity contribution < 1.29 is 22.8 Å². The molecule has 2 N–H and O–H groups in total. The molecule has 0 saturated carbocycles. The molecule has 1 aromatic carbocycles. The van der Waals surface area contributed by atoms with Crippen molar-refractivity contribution in [2.24, 2.45) is 0 Å². The zero-order chi connectivity index (χ0) is 16.7. The summed E-state index contributed by atoms with van der Waals surface area (Å²) in [7, 11) is 0. The Morgan fingerprint density at radius 2 is 1.77 bits per heavy atom. The number of halogens is 3. The zero-order valence-electron chi connectivity index (χ0n) is 12.3. The van der Waals surface area contributed by atoms with Crippen molar-refractivity contribution in [1.29, 1.82) is 0 Å². The van der Waals surface area contributed by atoms with Gasteiger partial charge >= 0.3 is 6.18 Å². The predicted molar refractivity (Wildman–Crippen MR) is 76.8 cm³/mol. The molecule has 0 radical (unpaired) electrons. The number of alkyl halides is 3. The summed E-state index contributed by atoms with van der Waals surface area (Å²) in [5, 5.41) is 3.34. The van der Waals surface area contributed by atoms with Crippen LogP contribution in [0.25, 0.3) is 10.9 Å². The highest BCUT2D eigenvalue weighted by molar-refractivity contribution is 6.07. The number of carbonyl (C=O) groups excluding carboxylic acids is 2. The summed E-state index contributed by atoms with van der Waals surface area (Å²) in [5.41, 5.74) is 3.96. The second-order valence-corrected chi connectivity index (χ2v) is 5.18. The van der Waals surface area contributed by atoms with Gasteiger partial charge in [0.1, 0.15) is 0 Å². The maximum Gasteiger partial charge on any atom is 0.450 e. The molecule has 1 amide bonds. The minimum atomic E-state index is -5.00. The van der Waals surface area contributed by atoms with Crippen LogP contribution in [0.5, 0.6) is 0 Å². The minimum absolute atomic E-state index is 0.383. The molecule has 2 rings (SSSR count). The second kappa shape index (κ2) is 5.47. The van der Waals surface area contributed by atoms with Crippen LogP contribution in [-0.2, 0) is 9.59 Å². The molecule has 0 aliphatic rings. The molecule has 0 spiro atoms. The molecule has 0 atom stereocenters. The molecule has 7 heteroatoms. The number of rotatable bonds is 3. The largest absolute Gasteiger partial charge is 0.450 e. The molecule has 0 bridgehead atoms. The quantitative estimate of drug-likeness (QED) is 0.851. The number of hydrogen-bond donors (Lipinski definition) is 2. The lowest BCUT2D eigenvalue weighted by atomic mass is 10.1. The number of benzene rings is 1. The zero-order valence-corrected chi connectivity index (χ0v) is 12.3. The monoisotopic (exact) mass is 312 g/mol. The molecular weight excluding hydrogens is 297 g/mol. The number of fused-ring (bicyclic) bond motifs is 1. The lowest BCUT2D eigenvalue weighted by Gasteiger charge is -2.10. The fraction of sp³-hybridized carbons (Fsp3) is 0.333. The topological polar surface area (TPSA) is 62.0 Å². The van der Waals surface area contributed by atoms with Gasteiger partial charge in [-0.05, 0) is 38.0 Å². The van der Waals surface area contributed by atoms with Gasteiger partial charge in [-0.25, -0.2) is 0 Å².